The van der Waals surface area contributed by atoms with Crippen LogP contribution in [-0.4, -0.2) is 20.0 Å². The van der Waals surface area contributed by atoms with Gasteiger partial charge in [0.05, 0.1) is 0 Å². The minimum absolute atomic E-state index is 0.0880. The maximum atomic E-state index is 12.2. The van der Waals surface area contributed by atoms with E-state index in [-0.39, 0.29) is 5.91 Å². The maximum absolute atomic E-state index is 12.2. The fourth-order valence-electron chi connectivity index (χ4n) is 1.78. The summed E-state index contributed by atoms with van der Waals surface area (Å²) in [7, 11) is 3.95. The molecule has 20 heavy (non-hydrogen) atoms. The summed E-state index contributed by atoms with van der Waals surface area (Å²) in [4.78, 5) is 14.2. The number of carbonyl (C=O) groups excluding carboxylic acids is 1. The molecule has 4 heteroatoms. The zero-order valence-corrected chi connectivity index (χ0v) is 13.9. The molecule has 0 bridgehead atoms. The van der Waals surface area contributed by atoms with Crippen LogP contribution in [0.1, 0.15) is 15.9 Å². The first-order chi connectivity index (χ1) is 9.47. The van der Waals surface area contributed by atoms with E-state index in [1.807, 2.05) is 68.4 Å². The minimum atomic E-state index is -0.0880. The van der Waals surface area contributed by atoms with Crippen LogP contribution in [0.4, 0.5) is 11.4 Å². The van der Waals surface area contributed by atoms with Crippen molar-refractivity contribution in [3.8, 4) is 0 Å². The number of rotatable bonds is 3. The van der Waals surface area contributed by atoms with Gasteiger partial charge in [-0.05, 0) is 71.5 Å². The van der Waals surface area contributed by atoms with Crippen molar-refractivity contribution in [2.45, 2.75) is 6.92 Å². The first-order valence-corrected chi connectivity index (χ1v) is 7.40. The van der Waals surface area contributed by atoms with Crippen molar-refractivity contribution >= 4 is 39.9 Å². The molecule has 2 rings (SSSR count). The van der Waals surface area contributed by atoms with Crippen LogP contribution in [0.3, 0.4) is 0 Å². The van der Waals surface area contributed by atoms with E-state index in [0.717, 1.165) is 14.9 Å². The van der Waals surface area contributed by atoms with Crippen LogP contribution in [0.2, 0.25) is 0 Å². The van der Waals surface area contributed by atoms with E-state index < -0.39 is 0 Å². The van der Waals surface area contributed by atoms with Crippen LogP contribution in [0.15, 0.2) is 42.5 Å². The topological polar surface area (TPSA) is 32.3 Å². The SMILES string of the molecule is Cc1ccc(NC(=O)c2ccc(N(C)C)cc2)cc1I. The molecule has 0 aliphatic heterocycles. The van der Waals surface area contributed by atoms with Crippen molar-refractivity contribution in [2.24, 2.45) is 0 Å². The van der Waals surface area contributed by atoms with E-state index in [0.29, 0.717) is 5.56 Å². The fraction of sp³-hybridized carbons (Fsp3) is 0.188. The predicted octanol–water partition coefficient (Wildman–Crippen LogP) is 3.92. The number of hydrogen-bond donors (Lipinski definition) is 1. The average Bonchev–Trinajstić information content (AvgIpc) is 2.43. The van der Waals surface area contributed by atoms with Crippen LogP contribution in [0.25, 0.3) is 0 Å². The summed E-state index contributed by atoms with van der Waals surface area (Å²) >= 11 is 2.27. The number of benzene rings is 2. The maximum Gasteiger partial charge on any atom is 0.255 e. The Bertz CT molecular complexity index is 621. The molecule has 0 aromatic heterocycles. The third kappa shape index (κ3) is 3.50. The lowest BCUT2D eigenvalue weighted by Crippen LogP contribution is -2.13. The van der Waals surface area contributed by atoms with E-state index in [9.17, 15) is 4.79 Å². The molecule has 1 N–H and O–H groups in total. The van der Waals surface area contributed by atoms with Gasteiger partial charge in [-0.1, -0.05) is 6.07 Å². The molecule has 2 aromatic carbocycles. The zero-order valence-electron chi connectivity index (χ0n) is 11.8. The monoisotopic (exact) mass is 380 g/mol. The van der Waals surface area contributed by atoms with Crippen LogP contribution >= 0.6 is 22.6 Å². The largest absolute Gasteiger partial charge is 0.378 e. The number of halogens is 1. The van der Waals surface area contributed by atoms with Crippen molar-refractivity contribution in [3.63, 3.8) is 0 Å². The quantitative estimate of drug-likeness (QED) is 0.819. The van der Waals surface area contributed by atoms with Crippen LogP contribution < -0.4 is 10.2 Å². The van der Waals surface area contributed by atoms with E-state index >= 15 is 0 Å². The highest BCUT2D eigenvalue weighted by atomic mass is 127. The van der Waals surface area contributed by atoms with Gasteiger partial charge in [0.15, 0.2) is 0 Å². The molecule has 0 heterocycles. The Kier molecular flexibility index (Phi) is 4.65. The molecule has 0 saturated carbocycles. The number of aryl methyl sites for hydroxylation is 1. The number of hydrogen-bond acceptors (Lipinski definition) is 2. The van der Waals surface area contributed by atoms with Crippen LogP contribution in [-0.2, 0) is 0 Å². The highest BCUT2D eigenvalue weighted by Gasteiger charge is 2.07. The molecule has 1 amide bonds. The van der Waals surface area contributed by atoms with E-state index in [4.69, 9.17) is 0 Å². The number of anilines is 2. The predicted molar refractivity (Wildman–Crippen MR) is 92.6 cm³/mol. The number of amides is 1. The summed E-state index contributed by atoms with van der Waals surface area (Å²) in [5.74, 6) is -0.0880. The number of nitrogens with zero attached hydrogens (tertiary/aromatic N) is 1. The molecular weight excluding hydrogens is 363 g/mol. The summed E-state index contributed by atoms with van der Waals surface area (Å²) in [6, 6.07) is 13.5. The van der Waals surface area contributed by atoms with Crippen molar-refractivity contribution in [1.82, 2.24) is 0 Å². The summed E-state index contributed by atoms with van der Waals surface area (Å²) in [5.41, 5.74) is 3.76. The molecule has 0 radical (unpaired) electrons. The van der Waals surface area contributed by atoms with Gasteiger partial charge in [-0.15, -0.1) is 0 Å². The standard InChI is InChI=1S/C16H17IN2O/c1-11-4-7-13(10-15(11)17)18-16(20)12-5-8-14(9-6-12)19(2)3/h4-10H,1-3H3,(H,18,20). The second-order valence-corrected chi connectivity index (χ2v) is 6.02. The summed E-state index contributed by atoms with van der Waals surface area (Å²) in [6.45, 7) is 2.05. The van der Waals surface area contributed by atoms with Crippen molar-refractivity contribution in [1.29, 1.82) is 0 Å². The molecule has 0 fully saturated rings. The fourth-order valence-corrected chi connectivity index (χ4v) is 2.30. The summed E-state index contributed by atoms with van der Waals surface area (Å²) < 4.78 is 1.14. The van der Waals surface area contributed by atoms with Crippen molar-refractivity contribution in [3.05, 3.63) is 57.2 Å². The van der Waals surface area contributed by atoms with Gasteiger partial charge in [0.2, 0.25) is 0 Å². The number of carbonyl (C=O) groups is 1. The lowest BCUT2D eigenvalue weighted by atomic mass is 10.1. The molecule has 0 aliphatic carbocycles. The van der Waals surface area contributed by atoms with Gasteiger partial charge < -0.3 is 10.2 Å². The summed E-state index contributed by atoms with van der Waals surface area (Å²) in [6.07, 6.45) is 0. The average molecular weight is 380 g/mol. The van der Waals surface area contributed by atoms with Gasteiger partial charge in [0, 0.05) is 34.6 Å². The van der Waals surface area contributed by atoms with Crippen LogP contribution in [0.5, 0.6) is 0 Å². The molecule has 3 nitrogen and oxygen atoms in total. The van der Waals surface area contributed by atoms with Crippen molar-refractivity contribution < 1.29 is 4.79 Å². The highest BCUT2D eigenvalue weighted by molar-refractivity contribution is 14.1. The van der Waals surface area contributed by atoms with E-state index in [1.54, 1.807) is 0 Å². The lowest BCUT2D eigenvalue weighted by molar-refractivity contribution is 0.102. The van der Waals surface area contributed by atoms with Gasteiger partial charge in [-0.3, -0.25) is 4.79 Å². The number of nitrogens with one attached hydrogen (secondary N) is 1. The van der Waals surface area contributed by atoms with Crippen molar-refractivity contribution in [2.75, 3.05) is 24.3 Å². The van der Waals surface area contributed by atoms with Gasteiger partial charge in [-0.25, -0.2) is 0 Å². The second-order valence-electron chi connectivity index (χ2n) is 4.86. The van der Waals surface area contributed by atoms with E-state index in [2.05, 4.69) is 27.9 Å². The Morgan fingerprint density at radius 1 is 1.10 bits per heavy atom. The Balaban J connectivity index is 2.13. The Morgan fingerprint density at radius 3 is 2.30 bits per heavy atom. The highest BCUT2D eigenvalue weighted by Crippen LogP contribution is 2.18. The zero-order chi connectivity index (χ0) is 14.7. The van der Waals surface area contributed by atoms with Gasteiger partial charge in [0.1, 0.15) is 0 Å². The Hall–Kier alpha value is -1.56. The van der Waals surface area contributed by atoms with Gasteiger partial charge in [0.25, 0.3) is 5.91 Å². The first-order valence-electron chi connectivity index (χ1n) is 6.32. The third-order valence-electron chi connectivity index (χ3n) is 3.08. The Morgan fingerprint density at radius 2 is 1.75 bits per heavy atom. The summed E-state index contributed by atoms with van der Waals surface area (Å²) in [5, 5.41) is 2.92. The van der Waals surface area contributed by atoms with E-state index in [1.165, 1.54) is 5.56 Å². The molecule has 0 atom stereocenters. The van der Waals surface area contributed by atoms with Crippen LogP contribution in [0, 0.1) is 10.5 Å². The normalized spacial score (nSPS) is 10.2. The Labute approximate surface area is 133 Å². The minimum Gasteiger partial charge on any atom is -0.378 e. The molecule has 0 aliphatic rings. The first kappa shape index (κ1) is 14.8. The molecule has 0 spiro atoms. The molecule has 0 unspecified atom stereocenters. The lowest BCUT2D eigenvalue weighted by Gasteiger charge is -2.12. The molecule has 2 aromatic rings. The van der Waals surface area contributed by atoms with Gasteiger partial charge >= 0.3 is 0 Å². The third-order valence-corrected chi connectivity index (χ3v) is 4.24. The molecule has 0 saturated heterocycles. The molecule has 104 valence electrons. The second kappa shape index (κ2) is 6.26. The smallest absolute Gasteiger partial charge is 0.255 e. The molecular formula is C16H17IN2O. The van der Waals surface area contributed by atoms with Gasteiger partial charge in [-0.2, -0.15) is 0 Å².